The predicted octanol–water partition coefficient (Wildman–Crippen LogP) is 3.30. The molecule has 114 valence electrons. The molecule has 4 nitrogen and oxygen atoms in total. The molecule has 2 heterocycles. The fourth-order valence-corrected chi connectivity index (χ4v) is 2.90. The molecule has 0 bridgehead atoms. The Hall–Kier alpha value is -1.65. The average molecular weight is 336 g/mol. The Bertz CT molecular complexity index is 706. The van der Waals surface area contributed by atoms with Crippen molar-refractivity contribution in [3.63, 3.8) is 0 Å². The van der Waals surface area contributed by atoms with E-state index in [4.69, 9.17) is 23.2 Å². The minimum Gasteiger partial charge on any atom is -0.338 e. The molecule has 1 aromatic heterocycles. The summed E-state index contributed by atoms with van der Waals surface area (Å²) < 4.78 is 0. The van der Waals surface area contributed by atoms with Gasteiger partial charge in [-0.25, -0.2) is 9.97 Å². The molecule has 0 fully saturated rings. The molecule has 0 radical (unpaired) electrons. The van der Waals surface area contributed by atoms with Gasteiger partial charge in [-0.15, -0.1) is 0 Å². The smallest absolute Gasteiger partial charge is 0.223 e. The summed E-state index contributed by atoms with van der Waals surface area (Å²) in [5.41, 5.74) is 3.10. The fourth-order valence-electron chi connectivity index (χ4n) is 2.58. The summed E-state index contributed by atoms with van der Waals surface area (Å²) in [6.07, 6.45) is 5.25. The van der Waals surface area contributed by atoms with Crippen LogP contribution in [0.3, 0.4) is 0 Å². The standard InChI is InChI=1S/C16H15Cl2N3O/c17-13-3-1-11(7-14(13)18)2-4-16(22)21-6-5-15-12(9-21)8-19-10-20-15/h1,3,7-8,10H,2,4-6,9H2. The highest BCUT2D eigenvalue weighted by Crippen LogP contribution is 2.23. The number of hydrogen-bond donors (Lipinski definition) is 0. The van der Waals surface area contributed by atoms with Gasteiger partial charge in [-0.05, 0) is 24.1 Å². The van der Waals surface area contributed by atoms with Crippen LogP contribution in [0.5, 0.6) is 0 Å². The van der Waals surface area contributed by atoms with Gasteiger partial charge in [0.15, 0.2) is 0 Å². The second-order valence-corrected chi connectivity index (χ2v) is 6.12. The average Bonchev–Trinajstić information content (AvgIpc) is 2.55. The number of nitrogens with zero attached hydrogens (tertiary/aromatic N) is 3. The van der Waals surface area contributed by atoms with E-state index in [0.29, 0.717) is 36.0 Å². The zero-order chi connectivity index (χ0) is 15.5. The summed E-state index contributed by atoms with van der Waals surface area (Å²) in [5, 5.41) is 1.06. The van der Waals surface area contributed by atoms with Gasteiger partial charge in [-0.1, -0.05) is 29.3 Å². The molecule has 0 atom stereocenters. The van der Waals surface area contributed by atoms with Gasteiger partial charge in [0.2, 0.25) is 5.91 Å². The Morgan fingerprint density at radius 1 is 1.27 bits per heavy atom. The monoisotopic (exact) mass is 335 g/mol. The van der Waals surface area contributed by atoms with Crippen molar-refractivity contribution in [2.45, 2.75) is 25.8 Å². The van der Waals surface area contributed by atoms with Crippen molar-refractivity contribution in [3.8, 4) is 0 Å². The molecule has 22 heavy (non-hydrogen) atoms. The van der Waals surface area contributed by atoms with Crippen molar-refractivity contribution in [1.82, 2.24) is 14.9 Å². The molecule has 1 aliphatic rings. The lowest BCUT2D eigenvalue weighted by Crippen LogP contribution is -2.36. The fraction of sp³-hybridized carbons (Fsp3) is 0.312. The number of aryl methyl sites for hydroxylation is 1. The van der Waals surface area contributed by atoms with E-state index in [1.54, 1.807) is 18.6 Å². The normalized spacial score (nSPS) is 13.8. The van der Waals surface area contributed by atoms with E-state index >= 15 is 0 Å². The largest absolute Gasteiger partial charge is 0.338 e. The molecule has 0 unspecified atom stereocenters. The van der Waals surface area contributed by atoms with Crippen LogP contribution in [0.15, 0.2) is 30.7 Å². The molecule has 0 saturated heterocycles. The highest BCUT2D eigenvalue weighted by atomic mass is 35.5. The topological polar surface area (TPSA) is 46.1 Å². The second-order valence-electron chi connectivity index (χ2n) is 5.31. The number of amides is 1. The minimum atomic E-state index is 0.139. The van der Waals surface area contributed by atoms with Crippen molar-refractivity contribution < 1.29 is 4.79 Å². The molecule has 6 heteroatoms. The number of fused-ring (bicyclic) bond motifs is 1. The third-order valence-electron chi connectivity index (χ3n) is 3.83. The molecule has 0 saturated carbocycles. The third-order valence-corrected chi connectivity index (χ3v) is 4.56. The zero-order valence-corrected chi connectivity index (χ0v) is 13.4. The first kappa shape index (κ1) is 15.3. The third kappa shape index (κ3) is 3.39. The van der Waals surface area contributed by atoms with Gasteiger partial charge in [-0.2, -0.15) is 0 Å². The first-order valence-corrected chi connectivity index (χ1v) is 7.88. The lowest BCUT2D eigenvalue weighted by atomic mass is 10.1. The first-order valence-electron chi connectivity index (χ1n) is 7.13. The van der Waals surface area contributed by atoms with E-state index in [1.165, 1.54) is 0 Å². The maximum atomic E-state index is 12.4. The molecule has 0 aliphatic carbocycles. The lowest BCUT2D eigenvalue weighted by molar-refractivity contribution is -0.132. The number of carbonyl (C=O) groups is 1. The quantitative estimate of drug-likeness (QED) is 0.864. The summed E-state index contributed by atoms with van der Waals surface area (Å²) in [7, 11) is 0. The molecule has 0 spiro atoms. The van der Waals surface area contributed by atoms with Gasteiger partial charge in [0.25, 0.3) is 0 Å². The minimum absolute atomic E-state index is 0.139. The van der Waals surface area contributed by atoms with Crippen molar-refractivity contribution >= 4 is 29.1 Å². The molecule has 2 aromatic rings. The Balaban J connectivity index is 1.60. The number of hydrogen-bond acceptors (Lipinski definition) is 3. The highest BCUT2D eigenvalue weighted by molar-refractivity contribution is 6.42. The number of aromatic nitrogens is 2. The lowest BCUT2D eigenvalue weighted by Gasteiger charge is -2.27. The highest BCUT2D eigenvalue weighted by Gasteiger charge is 2.21. The summed E-state index contributed by atoms with van der Waals surface area (Å²) in [4.78, 5) is 22.5. The molecule has 1 amide bonds. The summed E-state index contributed by atoms with van der Waals surface area (Å²) in [6, 6.07) is 5.48. The second kappa shape index (κ2) is 6.63. The predicted molar refractivity (Wildman–Crippen MR) is 85.9 cm³/mol. The Morgan fingerprint density at radius 2 is 2.14 bits per heavy atom. The van der Waals surface area contributed by atoms with E-state index < -0.39 is 0 Å². The van der Waals surface area contributed by atoms with Crippen LogP contribution in [0.25, 0.3) is 0 Å². The van der Waals surface area contributed by atoms with Crippen LogP contribution in [0.1, 0.15) is 23.2 Å². The van der Waals surface area contributed by atoms with Crippen molar-refractivity contribution in [3.05, 3.63) is 57.6 Å². The number of benzene rings is 1. The van der Waals surface area contributed by atoms with Gasteiger partial charge >= 0.3 is 0 Å². The van der Waals surface area contributed by atoms with Crippen molar-refractivity contribution in [1.29, 1.82) is 0 Å². The summed E-state index contributed by atoms with van der Waals surface area (Å²) in [6.45, 7) is 1.31. The maximum absolute atomic E-state index is 12.4. The molecule has 1 aliphatic heterocycles. The molecule has 1 aromatic carbocycles. The molecular weight excluding hydrogens is 321 g/mol. The van der Waals surface area contributed by atoms with Gasteiger partial charge in [-0.3, -0.25) is 4.79 Å². The first-order chi connectivity index (χ1) is 10.6. The zero-order valence-electron chi connectivity index (χ0n) is 11.9. The Kier molecular flexibility index (Phi) is 4.60. The number of carbonyl (C=O) groups excluding carboxylic acids is 1. The van der Waals surface area contributed by atoms with E-state index in [0.717, 1.165) is 23.2 Å². The molecule has 3 rings (SSSR count). The summed E-state index contributed by atoms with van der Waals surface area (Å²) >= 11 is 11.9. The van der Waals surface area contributed by atoms with Crippen LogP contribution < -0.4 is 0 Å². The summed E-state index contributed by atoms with van der Waals surface area (Å²) in [5.74, 6) is 0.139. The van der Waals surface area contributed by atoms with Gasteiger partial charge < -0.3 is 4.90 Å². The van der Waals surface area contributed by atoms with E-state index in [1.807, 2.05) is 17.0 Å². The number of rotatable bonds is 3. The van der Waals surface area contributed by atoms with Crippen LogP contribution in [-0.2, 0) is 24.2 Å². The maximum Gasteiger partial charge on any atom is 0.223 e. The molecular formula is C16H15Cl2N3O. The van der Waals surface area contributed by atoms with Crippen molar-refractivity contribution in [2.75, 3.05) is 6.54 Å². The van der Waals surface area contributed by atoms with Crippen LogP contribution in [0.2, 0.25) is 10.0 Å². The number of halogens is 2. The van der Waals surface area contributed by atoms with Crippen LogP contribution in [0, 0.1) is 0 Å². The van der Waals surface area contributed by atoms with Crippen LogP contribution >= 0.6 is 23.2 Å². The van der Waals surface area contributed by atoms with Crippen molar-refractivity contribution in [2.24, 2.45) is 0 Å². The molecule has 0 N–H and O–H groups in total. The Labute approximate surface area is 139 Å². The van der Waals surface area contributed by atoms with E-state index in [-0.39, 0.29) is 5.91 Å². The van der Waals surface area contributed by atoms with E-state index in [9.17, 15) is 4.79 Å². The SMILES string of the molecule is O=C(CCc1ccc(Cl)c(Cl)c1)N1CCc2ncncc2C1. The van der Waals surface area contributed by atoms with Crippen LogP contribution in [0.4, 0.5) is 0 Å². The Morgan fingerprint density at radius 3 is 2.95 bits per heavy atom. The van der Waals surface area contributed by atoms with Gasteiger partial charge in [0.1, 0.15) is 6.33 Å². The van der Waals surface area contributed by atoms with Crippen LogP contribution in [-0.4, -0.2) is 27.3 Å². The van der Waals surface area contributed by atoms with Gasteiger partial charge in [0.05, 0.1) is 15.7 Å². The van der Waals surface area contributed by atoms with E-state index in [2.05, 4.69) is 9.97 Å². The van der Waals surface area contributed by atoms with Gasteiger partial charge in [0, 0.05) is 37.7 Å².